The fourth-order valence-electron chi connectivity index (χ4n) is 1.52. The van der Waals surface area contributed by atoms with Crippen molar-refractivity contribution in [1.29, 1.82) is 0 Å². The molecule has 0 spiro atoms. The van der Waals surface area contributed by atoms with Crippen LogP contribution in [-0.2, 0) is 4.74 Å². The van der Waals surface area contributed by atoms with Crippen LogP contribution in [0.4, 0.5) is 13.2 Å². The first-order chi connectivity index (χ1) is 7.39. The normalized spacial score (nSPS) is 16.1. The average Bonchev–Trinajstić information content (AvgIpc) is 2.20. The standard InChI is InChI=1S/C12H23F3O/c1-4-6-11(8-7-10(3)5-2)16-9-12(13,14)15/h10-11H,4-9H2,1-3H3. The molecule has 0 aromatic heterocycles. The second-order valence-electron chi connectivity index (χ2n) is 4.43. The van der Waals surface area contributed by atoms with Gasteiger partial charge in [0.1, 0.15) is 6.61 Å². The Balaban J connectivity index is 3.88. The van der Waals surface area contributed by atoms with E-state index in [-0.39, 0.29) is 6.10 Å². The number of ether oxygens (including phenoxy) is 1. The molecule has 16 heavy (non-hydrogen) atoms. The van der Waals surface area contributed by atoms with Gasteiger partial charge in [-0.25, -0.2) is 0 Å². The third-order valence-electron chi connectivity index (χ3n) is 2.77. The van der Waals surface area contributed by atoms with E-state index in [4.69, 9.17) is 4.74 Å². The van der Waals surface area contributed by atoms with Gasteiger partial charge < -0.3 is 4.74 Å². The molecule has 0 rings (SSSR count). The fourth-order valence-corrected chi connectivity index (χ4v) is 1.52. The lowest BCUT2D eigenvalue weighted by molar-refractivity contribution is -0.186. The molecule has 0 aliphatic rings. The molecule has 98 valence electrons. The maximum atomic E-state index is 12.0. The molecule has 0 aliphatic carbocycles. The first kappa shape index (κ1) is 15.8. The van der Waals surface area contributed by atoms with Gasteiger partial charge in [0.25, 0.3) is 0 Å². The molecule has 2 atom stereocenters. The molecule has 0 heterocycles. The minimum absolute atomic E-state index is 0.236. The van der Waals surface area contributed by atoms with Crippen molar-refractivity contribution in [3.05, 3.63) is 0 Å². The van der Waals surface area contributed by atoms with Crippen LogP contribution in [0.1, 0.15) is 52.9 Å². The van der Waals surface area contributed by atoms with Gasteiger partial charge in [0, 0.05) is 0 Å². The third kappa shape index (κ3) is 9.01. The van der Waals surface area contributed by atoms with Crippen molar-refractivity contribution < 1.29 is 17.9 Å². The highest BCUT2D eigenvalue weighted by Gasteiger charge is 2.29. The molecule has 0 saturated heterocycles. The zero-order chi connectivity index (χ0) is 12.6. The summed E-state index contributed by atoms with van der Waals surface area (Å²) >= 11 is 0. The topological polar surface area (TPSA) is 9.23 Å². The van der Waals surface area contributed by atoms with E-state index in [9.17, 15) is 13.2 Å². The highest BCUT2D eigenvalue weighted by atomic mass is 19.4. The van der Waals surface area contributed by atoms with Crippen molar-refractivity contribution in [1.82, 2.24) is 0 Å². The number of halogens is 3. The van der Waals surface area contributed by atoms with E-state index in [2.05, 4.69) is 13.8 Å². The zero-order valence-corrected chi connectivity index (χ0v) is 10.4. The third-order valence-corrected chi connectivity index (χ3v) is 2.77. The van der Waals surface area contributed by atoms with Crippen molar-refractivity contribution in [3.63, 3.8) is 0 Å². The largest absolute Gasteiger partial charge is 0.411 e. The number of hydrogen-bond acceptors (Lipinski definition) is 1. The maximum Gasteiger partial charge on any atom is 0.411 e. The molecule has 0 aromatic carbocycles. The van der Waals surface area contributed by atoms with Gasteiger partial charge in [-0.15, -0.1) is 0 Å². The fraction of sp³-hybridized carbons (Fsp3) is 1.00. The lowest BCUT2D eigenvalue weighted by Gasteiger charge is -2.19. The van der Waals surface area contributed by atoms with Crippen LogP contribution in [-0.4, -0.2) is 18.9 Å². The van der Waals surface area contributed by atoms with Gasteiger partial charge in [0.05, 0.1) is 6.10 Å². The van der Waals surface area contributed by atoms with Crippen LogP contribution in [0.25, 0.3) is 0 Å². The highest BCUT2D eigenvalue weighted by Crippen LogP contribution is 2.20. The van der Waals surface area contributed by atoms with E-state index < -0.39 is 12.8 Å². The molecule has 0 aromatic rings. The van der Waals surface area contributed by atoms with Gasteiger partial charge >= 0.3 is 6.18 Å². The Morgan fingerprint density at radius 3 is 2.12 bits per heavy atom. The summed E-state index contributed by atoms with van der Waals surface area (Å²) in [5.74, 6) is 0.564. The predicted molar refractivity (Wildman–Crippen MR) is 59.4 cm³/mol. The second kappa shape index (κ2) is 7.93. The van der Waals surface area contributed by atoms with Gasteiger partial charge in [0.2, 0.25) is 0 Å². The highest BCUT2D eigenvalue weighted by molar-refractivity contribution is 4.62. The lowest BCUT2D eigenvalue weighted by atomic mass is 9.99. The number of hydrogen-bond donors (Lipinski definition) is 0. The predicted octanol–water partition coefficient (Wildman–Crippen LogP) is 4.56. The van der Waals surface area contributed by atoms with Crippen molar-refractivity contribution >= 4 is 0 Å². The lowest BCUT2D eigenvalue weighted by Crippen LogP contribution is -2.23. The summed E-state index contributed by atoms with van der Waals surface area (Å²) in [6.45, 7) is 5.06. The van der Waals surface area contributed by atoms with Gasteiger partial charge in [-0.2, -0.15) is 13.2 Å². The Morgan fingerprint density at radius 2 is 1.69 bits per heavy atom. The molecular weight excluding hydrogens is 217 g/mol. The first-order valence-electron chi connectivity index (χ1n) is 6.07. The van der Waals surface area contributed by atoms with E-state index >= 15 is 0 Å². The Hall–Kier alpha value is -0.250. The van der Waals surface area contributed by atoms with Gasteiger partial charge in [-0.3, -0.25) is 0 Å². The summed E-state index contributed by atoms with van der Waals surface area (Å²) in [6, 6.07) is 0. The molecule has 0 aliphatic heterocycles. The SMILES string of the molecule is CCCC(CCC(C)CC)OCC(F)(F)F. The molecule has 0 fully saturated rings. The molecular formula is C12H23F3O. The smallest absolute Gasteiger partial charge is 0.369 e. The Kier molecular flexibility index (Phi) is 7.81. The summed E-state index contributed by atoms with van der Waals surface area (Å²) in [6.07, 6.45) is -0.117. The minimum atomic E-state index is -4.21. The van der Waals surface area contributed by atoms with Crippen molar-refractivity contribution in [2.75, 3.05) is 6.61 Å². The Labute approximate surface area is 96.4 Å². The quantitative estimate of drug-likeness (QED) is 0.604. The zero-order valence-electron chi connectivity index (χ0n) is 10.4. The summed E-state index contributed by atoms with van der Waals surface area (Å²) in [5.41, 5.74) is 0. The second-order valence-corrected chi connectivity index (χ2v) is 4.43. The Bertz CT molecular complexity index is 168. The molecule has 0 N–H and O–H groups in total. The summed E-state index contributed by atoms with van der Waals surface area (Å²) in [4.78, 5) is 0. The van der Waals surface area contributed by atoms with E-state index in [1.807, 2.05) is 6.92 Å². The van der Waals surface area contributed by atoms with Gasteiger partial charge in [-0.1, -0.05) is 33.6 Å². The molecule has 4 heteroatoms. The average molecular weight is 240 g/mol. The number of alkyl halides is 3. The van der Waals surface area contributed by atoms with Crippen LogP contribution in [0.3, 0.4) is 0 Å². The van der Waals surface area contributed by atoms with Gasteiger partial charge in [0.15, 0.2) is 0 Å². The monoisotopic (exact) mass is 240 g/mol. The van der Waals surface area contributed by atoms with Crippen LogP contribution >= 0.6 is 0 Å². The first-order valence-corrected chi connectivity index (χ1v) is 6.07. The summed E-state index contributed by atoms with van der Waals surface area (Å²) < 4.78 is 40.9. The maximum absolute atomic E-state index is 12.0. The Morgan fingerprint density at radius 1 is 1.06 bits per heavy atom. The molecule has 0 radical (unpaired) electrons. The molecule has 1 nitrogen and oxygen atoms in total. The van der Waals surface area contributed by atoms with Crippen molar-refractivity contribution in [2.45, 2.75) is 65.2 Å². The van der Waals surface area contributed by atoms with Crippen LogP contribution < -0.4 is 0 Å². The number of rotatable bonds is 8. The van der Waals surface area contributed by atoms with E-state index in [0.29, 0.717) is 12.3 Å². The summed E-state index contributed by atoms with van der Waals surface area (Å²) in [5, 5.41) is 0. The molecule has 0 bridgehead atoms. The molecule has 0 saturated carbocycles. The van der Waals surface area contributed by atoms with Crippen molar-refractivity contribution in [2.24, 2.45) is 5.92 Å². The van der Waals surface area contributed by atoms with Crippen LogP contribution in [0.15, 0.2) is 0 Å². The van der Waals surface area contributed by atoms with E-state index in [1.165, 1.54) is 0 Å². The van der Waals surface area contributed by atoms with Crippen LogP contribution in [0.2, 0.25) is 0 Å². The van der Waals surface area contributed by atoms with E-state index in [1.54, 1.807) is 0 Å². The molecule has 2 unspecified atom stereocenters. The molecule has 0 amide bonds. The van der Waals surface area contributed by atoms with Gasteiger partial charge in [-0.05, 0) is 25.2 Å². The van der Waals surface area contributed by atoms with Crippen LogP contribution in [0.5, 0.6) is 0 Å². The summed E-state index contributed by atoms with van der Waals surface area (Å²) in [7, 11) is 0. The van der Waals surface area contributed by atoms with Crippen molar-refractivity contribution in [3.8, 4) is 0 Å². The van der Waals surface area contributed by atoms with E-state index in [0.717, 1.165) is 25.7 Å². The van der Waals surface area contributed by atoms with Crippen LogP contribution in [0, 0.1) is 5.92 Å². The minimum Gasteiger partial charge on any atom is -0.369 e.